The first kappa shape index (κ1) is 20.6. The molecular weight excluding hydrogens is 420 g/mol. The molecule has 168 valence electrons. The van der Waals surface area contributed by atoms with Gasteiger partial charge in [-0.15, -0.1) is 0 Å². The van der Waals surface area contributed by atoms with Crippen LogP contribution >= 0.6 is 0 Å². The van der Waals surface area contributed by atoms with Gasteiger partial charge in [-0.05, 0) is 19.9 Å². The van der Waals surface area contributed by atoms with Crippen LogP contribution in [0.4, 0.5) is 20.2 Å². The van der Waals surface area contributed by atoms with Crippen LogP contribution in [-0.2, 0) is 11.2 Å². The van der Waals surface area contributed by atoms with E-state index in [1.807, 2.05) is 26.0 Å². The van der Waals surface area contributed by atoms with Gasteiger partial charge in [-0.2, -0.15) is 5.10 Å². The number of morpholine rings is 1. The van der Waals surface area contributed by atoms with Crippen molar-refractivity contribution in [2.24, 2.45) is 0 Å². The van der Waals surface area contributed by atoms with Gasteiger partial charge in [-0.3, -0.25) is 4.79 Å². The number of hydrogen-bond donors (Lipinski definition) is 1. The van der Waals surface area contributed by atoms with E-state index in [1.54, 1.807) is 0 Å². The maximum Gasteiger partial charge on any atom is 0.266 e. The molecule has 1 N–H and O–H groups in total. The molecule has 0 spiro atoms. The Bertz CT molecular complexity index is 1190. The van der Waals surface area contributed by atoms with Gasteiger partial charge >= 0.3 is 0 Å². The minimum Gasteiger partial charge on any atom is -0.487 e. The maximum absolute atomic E-state index is 13.1. The van der Waals surface area contributed by atoms with Gasteiger partial charge in [0.1, 0.15) is 16.9 Å². The maximum atomic E-state index is 13.1. The molecule has 10 heteroatoms. The summed E-state index contributed by atoms with van der Waals surface area (Å²) < 4.78 is 38.6. The van der Waals surface area contributed by atoms with Crippen molar-refractivity contribution in [3.05, 3.63) is 47.4 Å². The van der Waals surface area contributed by atoms with Crippen molar-refractivity contribution in [2.75, 3.05) is 36.5 Å². The monoisotopic (exact) mass is 443 g/mol. The number of fused-ring (bicyclic) bond motifs is 2. The average Bonchev–Trinajstić information content (AvgIpc) is 3.32. The van der Waals surface area contributed by atoms with Crippen LogP contribution in [0.3, 0.4) is 0 Å². The SMILES string of the molecule is CC1(C)Cc2cc(NC(=O)c3cnn4cc(C(F)F)cnc34)c(N3CCOCC3)cc2O1. The molecule has 1 amide bonds. The first-order valence-electron chi connectivity index (χ1n) is 10.4. The molecule has 32 heavy (non-hydrogen) atoms. The fourth-order valence-corrected chi connectivity index (χ4v) is 4.16. The minimum absolute atomic E-state index is 0.204. The predicted octanol–water partition coefficient (Wildman–Crippen LogP) is 3.47. The third-order valence-electron chi connectivity index (χ3n) is 5.65. The number of hydrogen-bond acceptors (Lipinski definition) is 6. The standard InChI is InChI=1S/C22H23F2N5O3/c1-22(2)9-13-7-16(17(8-18(13)32-22)28-3-5-31-6-4-28)27-21(30)15-11-26-29-12-14(19(23)24)10-25-20(15)29/h7-8,10-12,19H,3-6,9H2,1-2H3,(H,27,30). The molecule has 0 bridgehead atoms. The van der Waals surface area contributed by atoms with Crippen LogP contribution in [0.5, 0.6) is 5.75 Å². The highest BCUT2D eigenvalue weighted by Crippen LogP contribution is 2.42. The largest absolute Gasteiger partial charge is 0.487 e. The van der Waals surface area contributed by atoms with E-state index in [4.69, 9.17) is 9.47 Å². The topological polar surface area (TPSA) is 81.0 Å². The highest BCUT2D eigenvalue weighted by Gasteiger charge is 2.32. The lowest BCUT2D eigenvalue weighted by Crippen LogP contribution is -2.36. The van der Waals surface area contributed by atoms with Gasteiger partial charge in [-0.25, -0.2) is 18.3 Å². The van der Waals surface area contributed by atoms with E-state index >= 15 is 0 Å². The van der Waals surface area contributed by atoms with E-state index in [0.29, 0.717) is 32.0 Å². The van der Waals surface area contributed by atoms with Gasteiger partial charge in [0.25, 0.3) is 12.3 Å². The summed E-state index contributed by atoms with van der Waals surface area (Å²) in [7, 11) is 0. The van der Waals surface area contributed by atoms with Gasteiger partial charge in [0, 0.05) is 43.5 Å². The average molecular weight is 443 g/mol. The zero-order chi connectivity index (χ0) is 22.5. The molecule has 3 aromatic rings. The van der Waals surface area contributed by atoms with E-state index in [-0.39, 0.29) is 22.4 Å². The summed E-state index contributed by atoms with van der Waals surface area (Å²) in [5.41, 5.74) is 2.36. The van der Waals surface area contributed by atoms with E-state index in [1.165, 1.54) is 16.9 Å². The molecule has 0 aliphatic carbocycles. The molecule has 2 aromatic heterocycles. The number of halogens is 2. The lowest BCUT2D eigenvalue weighted by atomic mass is 10.0. The Hall–Kier alpha value is -3.27. The quantitative estimate of drug-likeness (QED) is 0.665. The first-order valence-corrected chi connectivity index (χ1v) is 10.4. The van der Waals surface area contributed by atoms with Crippen molar-refractivity contribution in [2.45, 2.75) is 32.3 Å². The van der Waals surface area contributed by atoms with E-state index in [0.717, 1.165) is 29.6 Å². The fraction of sp³-hybridized carbons (Fsp3) is 0.409. The second kappa shape index (κ2) is 7.70. The minimum atomic E-state index is -2.66. The second-order valence-corrected chi connectivity index (χ2v) is 8.58. The van der Waals surface area contributed by atoms with Crippen molar-refractivity contribution in [1.82, 2.24) is 14.6 Å². The van der Waals surface area contributed by atoms with Crippen LogP contribution in [0.15, 0.2) is 30.7 Å². The normalized spacial score (nSPS) is 17.5. The van der Waals surface area contributed by atoms with Crippen molar-refractivity contribution in [3.8, 4) is 5.75 Å². The smallest absolute Gasteiger partial charge is 0.266 e. The van der Waals surface area contributed by atoms with Crippen LogP contribution in [-0.4, -0.2) is 52.4 Å². The summed E-state index contributed by atoms with van der Waals surface area (Å²) in [6.45, 7) is 6.64. The fourth-order valence-electron chi connectivity index (χ4n) is 4.16. The number of carbonyl (C=O) groups excluding carboxylic acids is 1. The first-order chi connectivity index (χ1) is 15.3. The Balaban J connectivity index is 1.49. The zero-order valence-electron chi connectivity index (χ0n) is 17.8. The molecule has 5 rings (SSSR count). The molecule has 2 aliphatic heterocycles. The van der Waals surface area contributed by atoms with Crippen LogP contribution in [0.25, 0.3) is 5.65 Å². The van der Waals surface area contributed by atoms with Crippen molar-refractivity contribution in [1.29, 1.82) is 0 Å². The summed E-state index contributed by atoms with van der Waals surface area (Å²) in [5.74, 6) is 0.400. The summed E-state index contributed by atoms with van der Waals surface area (Å²) in [6.07, 6.45) is 1.64. The van der Waals surface area contributed by atoms with E-state index in [2.05, 4.69) is 20.3 Å². The Labute approximate surface area is 183 Å². The van der Waals surface area contributed by atoms with Gasteiger partial charge in [0.05, 0.1) is 36.3 Å². The van der Waals surface area contributed by atoms with Crippen LogP contribution in [0, 0.1) is 0 Å². The molecule has 1 saturated heterocycles. The molecule has 4 heterocycles. The van der Waals surface area contributed by atoms with Crippen LogP contribution in [0.1, 0.15) is 41.8 Å². The highest BCUT2D eigenvalue weighted by atomic mass is 19.3. The van der Waals surface area contributed by atoms with Crippen molar-refractivity contribution >= 4 is 22.9 Å². The second-order valence-electron chi connectivity index (χ2n) is 8.58. The molecule has 2 aliphatic rings. The number of amides is 1. The van der Waals surface area contributed by atoms with Gasteiger partial charge in [0.15, 0.2) is 5.65 Å². The number of alkyl halides is 2. The number of benzene rings is 1. The molecule has 1 fully saturated rings. The number of aromatic nitrogens is 3. The van der Waals surface area contributed by atoms with E-state index < -0.39 is 12.3 Å². The molecule has 0 atom stereocenters. The Kier molecular flexibility index (Phi) is 4.96. The lowest BCUT2D eigenvalue weighted by molar-refractivity contribution is 0.102. The van der Waals surface area contributed by atoms with Crippen LogP contribution < -0.4 is 15.0 Å². The van der Waals surface area contributed by atoms with Crippen LogP contribution in [0.2, 0.25) is 0 Å². The van der Waals surface area contributed by atoms with Gasteiger partial charge in [0.2, 0.25) is 0 Å². The molecule has 0 radical (unpaired) electrons. The predicted molar refractivity (Wildman–Crippen MR) is 114 cm³/mol. The number of carbonyl (C=O) groups is 1. The number of anilines is 2. The lowest BCUT2D eigenvalue weighted by Gasteiger charge is -2.31. The number of rotatable bonds is 4. The highest BCUT2D eigenvalue weighted by molar-refractivity contribution is 6.09. The third-order valence-corrected chi connectivity index (χ3v) is 5.65. The Morgan fingerprint density at radius 3 is 2.75 bits per heavy atom. The zero-order valence-corrected chi connectivity index (χ0v) is 17.8. The number of ether oxygens (including phenoxy) is 2. The summed E-state index contributed by atoms with van der Waals surface area (Å²) in [6, 6.07) is 3.91. The summed E-state index contributed by atoms with van der Waals surface area (Å²) in [4.78, 5) is 19.3. The van der Waals surface area contributed by atoms with Gasteiger partial charge in [-0.1, -0.05) is 0 Å². The number of nitrogens with one attached hydrogen (secondary N) is 1. The van der Waals surface area contributed by atoms with Crippen molar-refractivity contribution in [3.63, 3.8) is 0 Å². The third kappa shape index (κ3) is 3.75. The Morgan fingerprint density at radius 1 is 1.22 bits per heavy atom. The van der Waals surface area contributed by atoms with E-state index in [9.17, 15) is 13.6 Å². The van der Waals surface area contributed by atoms with Gasteiger partial charge < -0.3 is 19.7 Å². The molecule has 0 saturated carbocycles. The molecule has 0 unspecified atom stereocenters. The van der Waals surface area contributed by atoms with Crippen molar-refractivity contribution < 1.29 is 23.0 Å². The number of nitrogens with zero attached hydrogens (tertiary/aromatic N) is 4. The molecule has 1 aromatic carbocycles. The molecule has 8 nitrogen and oxygen atoms in total. The summed E-state index contributed by atoms with van der Waals surface area (Å²) >= 11 is 0. The molecular formula is C22H23F2N5O3. The Morgan fingerprint density at radius 2 is 2.00 bits per heavy atom. The summed E-state index contributed by atoms with van der Waals surface area (Å²) in [5, 5.41) is 7.00.